The maximum atomic E-state index is 12.4. The summed E-state index contributed by atoms with van der Waals surface area (Å²) in [5.74, 6) is -0.839. The van der Waals surface area contributed by atoms with Gasteiger partial charge in [0.15, 0.2) is 0 Å². The van der Waals surface area contributed by atoms with Gasteiger partial charge in [0, 0.05) is 20.1 Å². The van der Waals surface area contributed by atoms with Gasteiger partial charge in [-0.1, -0.05) is 6.92 Å². The number of carboxylic acids is 1. The predicted molar refractivity (Wildman–Crippen MR) is 68.4 cm³/mol. The van der Waals surface area contributed by atoms with Gasteiger partial charge in [0.05, 0.1) is 0 Å². The molecule has 0 aromatic carbocycles. The maximum Gasteiger partial charge on any atom is 0.324 e. The highest BCUT2D eigenvalue weighted by atomic mass is 32.2. The molecule has 0 bridgehead atoms. The molecule has 1 saturated heterocycles. The normalized spacial score (nSPS) is 23.3. The van der Waals surface area contributed by atoms with Crippen LogP contribution in [0, 0.1) is 5.92 Å². The molecule has 1 heterocycles. The summed E-state index contributed by atoms with van der Waals surface area (Å²) in [6.45, 7) is 5.71. The van der Waals surface area contributed by atoms with Crippen molar-refractivity contribution in [3.63, 3.8) is 0 Å². The molecule has 0 aliphatic carbocycles. The first-order valence-corrected chi connectivity index (χ1v) is 7.47. The number of hydrogen-bond donors (Lipinski definition) is 1. The van der Waals surface area contributed by atoms with Crippen LogP contribution in [0.15, 0.2) is 0 Å². The first-order chi connectivity index (χ1) is 8.10. The molecule has 1 rings (SSSR count). The van der Waals surface area contributed by atoms with Gasteiger partial charge >= 0.3 is 5.97 Å². The third kappa shape index (κ3) is 2.84. The van der Waals surface area contributed by atoms with Gasteiger partial charge in [-0.2, -0.15) is 17.0 Å². The highest BCUT2D eigenvalue weighted by molar-refractivity contribution is 7.86. The van der Waals surface area contributed by atoms with Crippen molar-refractivity contribution in [2.45, 2.75) is 39.2 Å². The number of rotatable bonds is 4. The van der Waals surface area contributed by atoms with E-state index >= 15 is 0 Å². The lowest BCUT2D eigenvalue weighted by molar-refractivity contribution is -0.146. The van der Waals surface area contributed by atoms with Crippen LogP contribution in [-0.2, 0) is 15.0 Å². The SMILES string of the molecule is CC1CCCN(S(=O)(=O)N(C)C(C)(C)C(=O)O)C1. The van der Waals surface area contributed by atoms with Gasteiger partial charge in [0.25, 0.3) is 10.2 Å². The van der Waals surface area contributed by atoms with Gasteiger partial charge in [-0.3, -0.25) is 4.79 Å². The second kappa shape index (κ2) is 5.14. The van der Waals surface area contributed by atoms with E-state index in [-0.39, 0.29) is 0 Å². The molecule has 1 unspecified atom stereocenters. The van der Waals surface area contributed by atoms with Crippen LogP contribution in [0.2, 0.25) is 0 Å². The first-order valence-electron chi connectivity index (χ1n) is 6.07. The highest BCUT2D eigenvalue weighted by Gasteiger charge is 2.42. The molecule has 0 saturated carbocycles. The smallest absolute Gasteiger partial charge is 0.324 e. The molecule has 1 aliphatic heterocycles. The fraction of sp³-hybridized carbons (Fsp3) is 0.909. The van der Waals surface area contributed by atoms with E-state index in [1.807, 2.05) is 6.92 Å². The average Bonchev–Trinajstić information content (AvgIpc) is 2.27. The molecule has 106 valence electrons. The minimum absolute atomic E-state index is 0.315. The number of likely N-dealkylation sites (N-methyl/N-ethyl adjacent to an activating group) is 1. The standard InChI is InChI=1S/C11H22N2O4S/c1-9-6-5-7-13(8-9)18(16,17)12(4)11(2,3)10(14)15/h9H,5-8H2,1-4H3,(H,14,15). The van der Waals surface area contributed by atoms with Crippen LogP contribution in [0.3, 0.4) is 0 Å². The predicted octanol–water partition coefficient (Wildman–Crippen LogP) is 0.758. The molecule has 1 N–H and O–H groups in total. The zero-order valence-electron chi connectivity index (χ0n) is 11.4. The molecule has 6 nitrogen and oxygen atoms in total. The van der Waals surface area contributed by atoms with Gasteiger partial charge in [-0.25, -0.2) is 0 Å². The Labute approximate surface area is 109 Å². The molecule has 1 aliphatic rings. The van der Waals surface area contributed by atoms with E-state index in [9.17, 15) is 13.2 Å². The van der Waals surface area contributed by atoms with Gasteiger partial charge < -0.3 is 5.11 Å². The van der Waals surface area contributed by atoms with Crippen molar-refractivity contribution in [1.82, 2.24) is 8.61 Å². The summed E-state index contributed by atoms with van der Waals surface area (Å²) in [5.41, 5.74) is -1.44. The monoisotopic (exact) mass is 278 g/mol. The van der Waals surface area contributed by atoms with Crippen LogP contribution in [-0.4, -0.2) is 53.8 Å². The highest BCUT2D eigenvalue weighted by Crippen LogP contribution is 2.24. The third-order valence-electron chi connectivity index (χ3n) is 3.60. The molecular weight excluding hydrogens is 256 g/mol. The van der Waals surface area contributed by atoms with Gasteiger partial charge in [0.2, 0.25) is 0 Å². The Morgan fingerprint density at radius 2 is 2.00 bits per heavy atom. The van der Waals surface area contributed by atoms with Crippen molar-refractivity contribution >= 4 is 16.2 Å². The summed E-state index contributed by atoms with van der Waals surface area (Å²) in [4.78, 5) is 11.1. The van der Waals surface area contributed by atoms with E-state index in [1.54, 1.807) is 0 Å². The Morgan fingerprint density at radius 1 is 1.44 bits per heavy atom. The van der Waals surface area contributed by atoms with Crippen molar-refractivity contribution in [2.24, 2.45) is 5.92 Å². The summed E-state index contributed by atoms with van der Waals surface area (Å²) in [6, 6.07) is 0. The topological polar surface area (TPSA) is 77.9 Å². The van der Waals surface area contributed by atoms with Gasteiger partial charge in [-0.15, -0.1) is 0 Å². The quantitative estimate of drug-likeness (QED) is 0.823. The van der Waals surface area contributed by atoms with Crippen LogP contribution < -0.4 is 0 Å². The zero-order valence-corrected chi connectivity index (χ0v) is 12.2. The summed E-state index contributed by atoms with van der Waals surface area (Å²) in [6.07, 6.45) is 1.83. The molecule has 1 fully saturated rings. The molecule has 0 spiro atoms. The van der Waals surface area contributed by atoms with Gasteiger partial charge in [-0.05, 0) is 32.6 Å². The van der Waals surface area contributed by atoms with Crippen molar-refractivity contribution in [2.75, 3.05) is 20.1 Å². The summed E-state index contributed by atoms with van der Waals surface area (Å²) >= 11 is 0. The van der Waals surface area contributed by atoms with E-state index in [0.29, 0.717) is 19.0 Å². The molecule has 0 aromatic heterocycles. The molecule has 7 heteroatoms. The lowest BCUT2D eigenvalue weighted by Crippen LogP contribution is -2.56. The lowest BCUT2D eigenvalue weighted by Gasteiger charge is -2.37. The van der Waals surface area contributed by atoms with Crippen LogP contribution in [0.25, 0.3) is 0 Å². The zero-order chi connectivity index (χ0) is 14.1. The Hall–Kier alpha value is -0.660. The van der Waals surface area contributed by atoms with Crippen molar-refractivity contribution in [1.29, 1.82) is 0 Å². The molecular formula is C11H22N2O4S. The molecule has 1 atom stereocenters. The fourth-order valence-corrected chi connectivity index (χ4v) is 3.76. The molecule has 0 amide bonds. The number of nitrogens with zero attached hydrogens (tertiary/aromatic N) is 2. The second-order valence-electron chi connectivity index (χ2n) is 5.44. The van der Waals surface area contributed by atoms with Crippen LogP contribution >= 0.6 is 0 Å². The molecule has 0 radical (unpaired) electrons. The van der Waals surface area contributed by atoms with E-state index in [4.69, 9.17) is 5.11 Å². The second-order valence-corrected chi connectivity index (χ2v) is 7.40. The number of carboxylic acid groups (broad SMARTS) is 1. The van der Waals surface area contributed by atoms with E-state index in [2.05, 4.69) is 0 Å². The Bertz CT molecular complexity index is 419. The Kier molecular flexibility index (Phi) is 4.40. The van der Waals surface area contributed by atoms with Crippen molar-refractivity contribution < 1.29 is 18.3 Å². The number of carbonyl (C=O) groups is 1. The molecule has 18 heavy (non-hydrogen) atoms. The summed E-state index contributed by atoms with van der Waals surface area (Å²) in [5, 5.41) is 9.10. The van der Waals surface area contributed by atoms with E-state index in [0.717, 1.165) is 17.1 Å². The van der Waals surface area contributed by atoms with Gasteiger partial charge in [0.1, 0.15) is 5.54 Å². The Balaban J connectivity index is 2.96. The number of hydrogen-bond acceptors (Lipinski definition) is 3. The average molecular weight is 278 g/mol. The minimum Gasteiger partial charge on any atom is -0.480 e. The Morgan fingerprint density at radius 3 is 2.44 bits per heavy atom. The summed E-state index contributed by atoms with van der Waals surface area (Å²) < 4.78 is 27.1. The van der Waals surface area contributed by atoms with Crippen LogP contribution in [0.4, 0.5) is 0 Å². The largest absolute Gasteiger partial charge is 0.480 e. The number of aliphatic carboxylic acids is 1. The summed E-state index contributed by atoms with van der Waals surface area (Å²) in [7, 11) is -2.39. The van der Waals surface area contributed by atoms with E-state index in [1.165, 1.54) is 25.2 Å². The van der Waals surface area contributed by atoms with Crippen molar-refractivity contribution in [3.05, 3.63) is 0 Å². The lowest BCUT2D eigenvalue weighted by atomic mass is 10.0. The van der Waals surface area contributed by atoms with Crippen LogP contribution in [0.5, 0.6) is 0 Å². The number of piperidine rings is 1. The maximum absolute atomic E-state index is 12.4. The van der Waals surface area contributed by atoms with Crippen molar-refractivity contribution in [3.8, 4) is 0 Å². The fourth-order valence-electron chi connectivity index (χ4n) is 1.95. The third-order valence-corrected chi connectivity index (χ3v) is 5.74. The minimum atomic E-state index is -3.71. The van der Waals surface area contributed by atoms with E-state index < -0.39 is 21.7 Å². The molecule has 0 aromatic rings. The first kappa shape index (κ1) is 15.4. The van der Waals surface area contributed by atoms with Crippen LogP contribution in [0.1, 0.15) is 33.6 Å².